The van der Waals surface area contributed by atoms with Crippen molar-refractivity contribution < 1.29 is 0 Å². The van der Waals surface area contributed by atoms with Gasteiger partial charge >= 0.3 is 0 Å². The van der Waals surface area contributed by atoms with Crippen LogP contribution in [0, 0.1) is 0 Å². The fourth-order valence-corrected chi connectivity index (χ4v) is 1.13. The van der Waals surface area contributed by atoms with Gasteiger partial charge in [0.25, 0.3) is 0 Å². The fourth-order valence-electron chi connectivity index (χ4n) is 1.13. The van der Waals surface area contributed by atoms with E-state index in [2.05, 4.69) is 22.6 Å². The highest BCUT2D eigenvalue weighted by molar-refractivity contribution is 5.62. The maximum Gasteiger partial charge on any atom is 0.0953 e. The SMILES string of the molecule is CC1=CCn2cncc21. The van der Waals surface area contributed by atoms with Crippen LogP contribution in [-0.2, 0) is 6.54 Å². The van der Waals surface area contributed by atoms with Gasteiger partial charge in [-0.1, -0.05) is 6.08 Å². The number of hydrogen-bond acceptors (Lipinski definition) is 1. The summed E-state index contributed by atoms with van der Waals surface area (Å²) in [6.45, 7) is 3.11. The summed E-state index contributed by atoms with van der Waals surface area (Å²) in [5.74, 6) is 0. The zero-order valence-electron chi connectivity index (χ0n) is 5.33. The van der Waals surface area contributed by atoms with Crippen molar-refractivity contribution >= 4 is 5.57 Å². The molecule has 0 spiro atoms. The first-order chi connectivity index (χ1) is 4.38. The lowest BCUT2D eigenvalue weighted by Crippen LogP contribution is -1.88. The summed E-state index contributed by atoms with van der Waals surface area (Å²) in [7, 11) is 0. The first kappa shape index (κ1) is 4.79. The van der Waals surface area contributed by atoms with E-state index in [0.29, 0.717) is 0 Å². The van der Waals surface area contributed by atoms with E-state index < -0.39 is 0 Å². The summed E-state index contributed by atoms with van der Waals surface area (Å²) in [4.78, 5) is 4.02. The molecule has 0 atom stereocenters. The van der Waals surface area contributed by atoms with Gasteiger partial charge in [0.05, 0.1) is 18.2 Å². The quantitative estimate of drug-likeness (QED) is 0.504. The number of rotatable bonds is 0. The standard InChI is InChI=1S/C7H8N2/c1-6-2-3-9-5-8-4-7(6)9/h2,4-5H,3H2,1H3. The molecule has 2 heterocycles. The van der Waals surface area contributed by atoms with Crippen LogP contribution < -0.4 is 0 Å². The molecular formula is C7H8N2. The molecule has 0 unspecified atom stereocenters. The molecule has 0 fully saturated rings. The van der Waals surface area contributed by atoms with E-state index in [1.54, 1.807) is 0 Å². The molecule has 9 heavy (non-hydrogen) atoms. The van der Waals surface area contributed by atoms with Crippen LogP contribution in [0.15, 0.2) is 18.6 Å². The number of hydrogen-bond donors (Lipinski definition) is 0. The first-order valence-corrected chi connectivity index (χ1v) is 3.05. The van der Waals surface area contributed by atoms with Gasteiger partial charge in [-0.05, 0) is 12.5 Å². The normalized spacial score (nSPS) is 15.4. The van der Waals surface area contributed by atoms with Crippen molar-refractivity contribution in [3.63, 3.8) is 0 Å². The second-order valence-electron chi connectivity index (χ2n) is 2.32. The molecule has 0 radical (unpaired) electrons. The highest BCUT2D eigenvalue weighted by Gasteiger charge is 2.07. The Morgan fingerprint density at radius 2 is 2.56 bits per heavy atom. The monoisotopic (exact) mass is 120 g/mol. The second-order valence-corrected chi connectivity index (χ2v) is 2.32. The molecule has 46 valence electrons. The van der Waals surface area contributed by atoms with Crippen LogP contribution in [0.2, 0.25) is 0 Å². The van der Waals surface area contributed by atoms with Gasteiger partial charge in [0.2, 0.25) is 0 Å². The van der Waals surface area contributed by atoms with E-state index in [0.717, 1.165) is 6.54 Å². The van der Waals surface area contributed by atoms with E-state index in [1.165, 1.54) is 11.3 Å². The third-order valence-corrected chi connectivity index (χ3v) is 1.71. The third-order valence-electron chi connectivity index (χ3n) is 1.71. The minimum atomic E-state index is 1.00. The van der Waals surface area contributed by atoms with E-state index in [4.69, 9.17) is 0 Å². The van der Waals surface area contributed by atoms with Crippen molar-refractivity contribution in [2.45, 2.75) is 13.5 Å². The fraction of sp³-hybridized carbons (Fsp3) is 0.286. The van der Waals surface area contributed by atoms with Crippen LogP contribution in [0.4, 0.5) is 0 Å². The Labute approximate surface area is 53.8 Å². The largest absolute Gasteiger partial charge is 0.327 e. The number of fused-ring (bicyclic) bond motifs is 1. The molecule has 0 saturated carbocycles. The van der Waals surface area contributed by atoms with Gasteiger partial charge in [-0.15, -0.1) is 0 Å². The average Bonchev–Trinajstić information content (AvgIpc) is 2.35. The summed E-state index contributed by atoms with van der Waals surface area (Å²) in [6.07, 6.45) is 5.97. The molecule has 2 heteroatoms. The Hall–Kier alpha value is -1.05. The van der Waals surface area contributed by atoms with Gasteiger partial charge in [0, 0.05) is 6.54 Å². The number of nitrogens with zero attached hydrogens (tertiary/aromatic N) is 2. The number of aromatic nitrogens is 2. The summed E-state index contributed by atoms with van der Waals surface area (Å²) in [5.41, 5.74) is 2.60. The Morgan fingerprint density at radius 1 is 1.67 bits per heavy atom. The molecule has 1 aliphatic heterocycles. The molecule has 0 saturated heterocycles. The van der Waals surface area contributed by atoms with Gasteiger partial charge in [0.1, 0.15) is 0 Å². The lowest BCUT2D eigenvalue weighted by Gasteiger charge is -1.91. The minimum Gasteiger partial charge on any atom is -0.327 e. The summed E-state index contributed by atoms with van der Waals surface area (Å²) in [5, 5.41) is 0. The predicted octanol–water partition coefficient (Wildman–Crippen LogP) is 1.30. The van der Waals surface area contributed by atoms with Gasteiger partial charge in [-0.25, -0.2) is 4.98 Å². The maximum absolute atomic E-state index is 4.02. The highest BCUT2D eigenvalue weighted by atomic mass is 15.1. The van der Waals surface area contributed by atoms with Crippen molar-refractivity contribution in [1.82, 2.24) is 9.55 Å². The molecular weight excluding hydrogens is 112 g/mol. The lowest BCUT2D eigenvalue weighted by atomic mass is 10.2. The molecule has 1 aromatic rings. The van der Waals surface area contributed by atoms with Crippen LogP contribution >= 0.6 is 0 Å². The Kier molecular flexibility index (Phi) is 0.781. The first-order valence-electron chi connectivity index (χ1n) is 3.05. The maximum atomic E-state index is 4.02. The van der Waals surface area contributed by atoms with E-state index in [1.807, 2.05) is 12.5 Å². The van der Waals surface area contributed by atoms with Crippen LogP contribution in [0.5, 0.6) is 0 Å². The Morgan fingerprint density at radius 3 is 3.33 bits per heavy atom. The van der Waals surface area contributed by atoms with E-state index in [-0.39, 0.29) is 0 Å². The summed E-state index contributed by atoms with van der Waals surface area (Å²) >= 11 is 0. The summed E-state index contributed by atoms with van der Waals surface area (Å²) < 4.78 is 2.13. The van der Waals surface area contributed by atoms with Gasteiger partial charge in [-0.2, -0.15) is 0 Å². The number of allylic oxidation sites excluding steroid dienone is 2. The average molecular weight is 120 g/mol. The van der Waals surface area contributed by atoms with Crippen LogP contribution in [0.3, 0.4) is 0 Å². The van der Waals surface area contributed by atoms with Crippen LogP contribution in [0.1, 0.15) is 12.6 Å². The molecule has 1 aliphatic rings. The predicted molar refractivity (Wildman–Crippen MR) is 35.9 cm³/mol. The molecule has 2 rings (SSSR count). The molecule has 1 aromatic heterocycles. The lowest BCUT2D eigenvalue weighted by molar-refractivity contribution is 0.836. The van der Waals surface area contributed by atoms with Gasteiger partial charge in [0.15, 0.2) is 0 Å². The van der Waals surface area contributed by atoms with Gasteiger partial charge in [-0.3, -0.25) is 0 Å². The van der Waals surface area contributed by atoms with E-state index >= 15 is 0 Å². The molecule has 0 amide bonds. The van der Waals surface area contributed by atoms with Crippen molar-refractivity contribution in [2.75, 3.05) is 0 Å². The molecule has 0 N–H and O–H groups in total. The van der Waals surface area contributed by atoms with Crippen molar-refractivity contribution in [3.8, 4) is 0 Å². The zero-order valence-corrected chi connectivity index (χ0v) is 5.33. The third kappa shape index (κ3) is 0.529. The van der Waals surface area contributed by atoms with Crippen molar-refractivity contribution in [3.05, 3.63) is 24.3 Å². The van der Waals surface area contributed by atoms with Gasteiger partial charge < -0.3 is 4.57 Å². The highest BCUT2D eigenvalue weighted by Crippen LogP contribution is 2.18. The van der Waals surface area contributed by atoms with E-state index in [9.17, 15) is 0 Å². The number of imidazole rings is 1. The second kappa shape index (κ2) is 1.47. The molecule has 2 nitrogen and oxygen atoms in total. The minimum absolute atomic E-state index is 1.00. The van der Waals surface area contributed by atoms with Crippen LogP contribution in [-0.4, -0.2) is 9.55 Å². The summed E-state index contributed by atoms with van der Waals surface area (Å²) in [6, 6.07) is 0. The topological polar surface area (TPSA) is 17.8 Å². The van der Waals surface area contributed by atoms with Crippen LogP contribution in [0.25, 0.3) is 5.57 Å². The zero-order chi connectivity index (χ0) is 6.27. The smallest absolute Gasteiger partial charge is 0.0953 e. The Balaban J connectivity index is 2.62. The molecule has 0 aliphatic carbocycles. The molecule has 0 bridgehead atoms. The Bertz CT molecular complexity index is 258. The molecule has 0 aromatic carbocycles. The van der Waals surface area contributed by atoms with Crippen molar-refractivity contribution in [1.29, 1.82) is 0 Å². The van der Waals surface area contributed by atoms with Crippen molar-refractivity contribution in [2.24, 2.45) is 0 Å².